The average Bonchev–Trinajstić information content (AvgIpc) is 3.62. The summed E-state index contributed by atoms with van der Waals surface area (Å²) < 4.78 is 59.6. The molecule has 0 bridgehead atoms. The number of nitrogens with zero attached hydrogens (tertiary/aromatic N) is 5. The third-order valence-electron chi connectivity index (χ3n) is 8.10. The van der Waals surface area contributed by atoms with Gasteiger partial charge in [-0.15, -0.1) is 0 Å². The Morgan fingerprint density at radius 2 is 1.82 bits per heavy atom. The van der Waals surface area contributed by atoms with E-state index in [1.807, 2.05) is 10.9 Å². The maximum atomic E-state index is 14.1. The zero-order valence-electron chi connectivity index (χ0n) is 24.2. The Hall–Kier alpha value is -4.26. The first kappa shape index (κ1) is 30.8. The van der Waals surface area contributed by atoms with Crippen molar-refractivity contribution < 1.29 is 32.2 Å². The average molecular weight is 642 g/mol. The smallest absolute Gasteiger partial charge is 0.393 e. The standard InChI is InChI=1S/C30H31F3N7O4P/c1-39-15-23-22(18-12-35-40(14-18)20-6-8-21(41)9-7-20)10-11-25(26(23)28(39)42)37-27-24(30(31,32)33)13-34-29(38-27)36-19-4-2-17(3-5-19)16-44-45-43/h2-5,10-14,20-21,41H,6-9,15-16,45H2,1H3,(H2,34,36,37,38)/t20-,21-. The lowest BCUT2D eigenvalue weighted by Crippen LogP contribution is -2.21. The van der Waals surface area contributed by atoms with Crippen LogP contribution in [-0.4, -0.2) is 48.8 Å². The van der Waals surface area contributed by atoms with E-state index in [0.717, 1.165) is 29.5 Å². The highest BCUT2D eigenvalue weighted by atomic mass is 31.1. The van der Waals surface area contributed by atoms with Crippen LogP contribution in [0.25, 0.3) is 11.1 Å². The molecule has 45 heavy (non-hydrogen) atoms. The van der Waals surface area contributed by atoms with Gasteiger partial charge in [0.2, 0.25) is 5.95 Å². The van der Waals surface area contributed by atoms with Crippen LogP contribution in [0.15, 0.2) is 55.0 Å². The Kier molecular flexibility index (Phi) is 8.63. The second kappa shape index (κ2) is 12.6. The van der Waals surface area contributed by atoms with Crippen molar-refractivity contribution in [3.05, 3.63) is 77.2 Å². The number of halogens is 3. The van der Waals surface area contributed by atoms with Crippen LogP contribution in [0, 0.1) is 0 Å². The highest BCUT2D eigenvalue weighted by molar-refractivity contribution is 7.17. The molecule has 1 saturated carbocycles. The number of hydrogen-bond acceptors (Lipinski definition) is 9. The van der Waals surface area contributed by atoms with Crippen molar-refractivity contribution in [2.75, 3.05) is 17.7 Å². The molecule has 236 valence electrons. The molecule has 1 amide bonds. The SMILES string of the molecule is CN1Cc2c(-c3cnn([C@H]4CC[C@H](O)CC4)c3)ccc(Nc3nc(Nc4ccc(CO[PH2]=O)cc4)ncc3C(F)(F)F)c2C1=O. The molecule has 15 heteroatoms. The largest absolute Gasteiger partial charge is 0.421 e. The first-order valence-corrected chi connectivity index (χ1v) is 15.3. The van der Waals surface area contributed by atoms with Crippen molar-refractivity contribution in [1.29, 1.82) is 0 Å². The number of aliphatic hydroxyl groups excluding tert-OH is 1. The molecule has 0 radical (unpaired) electrons. The zero-order valence-corrected chi connectivity index (χ0v) is 25.4. The van der Waals surface area contributed by atoms with Gasteiger partial charge in [-0.1, -0.05) is 18.2 Å². The van der Waals surface area contributed by atoms with Gasteiger partial charge >= 0.3 is 6.18 Å². The van der Waals surface area contributed by atoms with E-state index in [1.165, 1.54) is 4.90 Å². The lowest BCUT2D eigenvalue weighted by molar-refractivity contribution is -0.137. The lowest BCUT2D eigenvalue weighted by atomic mass is 9.93. The second-order valence-electron chi connectivity index (χ2n) is 11.2. The fourth-order valence-corrected chi connectivity index (χ4v) is 6.01. The van der Waals surface area contributed by atoms with Crippen LogP contribution >= 0.6 is 8.69 Å². The fourth-order valence-electron chi connectivity index (χ4n) is 5.75. The van der Waals surface area contributed by atoms with E-state index >= 15 is 0 Å². The number of amides is 1. The number of aromatic nitrogens is 4. The van der Waals surface area contributed by atoms with Crippen LogP contribution in [0.3, 0.4) is 0 Å². The molecule has 11 nitrogen and oxygen atoms in total. The molecule has 1 atom stereocenters. The quantitative estimate of drug-likeness (QED) is 0.186. The summed E-state index contributed by atoms with van der Waals surface area (Å²) >= 11 is 0. The molecular formula is C30H31F3N7O4P. The molecule has 6 rings (SSSR count). The summed E-state index contributed by atoms with van der Waals surface area (Å²) in [5, 5.41) is 20.1. The number of aliphatic hydroxyl groups is 1. The fraction of sp³-hybridized carbons (Fsp3) is 0.333. The Labute approximate surface area is 257 Å². The van der Waals surface area contributed by atoms with Crippen LogP contribution in [0.4, 0.5) is 36.3 Å². The van der Waals surface area contributed by atoms with Crippen molar-refractivity contribution in [3.63, 3.8) is 0 Å². The molecule has 2 aromatic heterocycles. The summed E-state index contributed by atoms with van der Waals surface area (Å²) in [5.41, 5.74) is 2.90. The molecule has 2 aromatic carbocycles. The first-order valence-electron chi connectivity index (χ1n) is 14.4. The van der Waals surface area contributed by atoms with E-state index in [4.69, 9.17) is 4.52 Å². The monoisotopic (exact) mass is 641 g/mol. The summed E-state index contributed by atoms with van der Waals surface area (Å²) in [6, 6.07) is 10.3. The predicted octanol–water partition coefficient (Wildman–Crippen LogP) is 6.10. The molecule has 0 saturated heterocycles. The minimum Gasteiger partial charge on any atom is -0.393 e. The van der Waals surface area contributed by atoms with Crippen LogP contribution in [-0.2, 0) is 28.4 Å². The van der Waals surface area contributed by atoms with Gasteiger partial charge in [0.15, 0.2) is 8.69 Å². The van der Waals surface area contributed by atoms with Gasteiger partial charge in [0.05, 0.1) is 36.2 Å². The molecule has 2 aliphatic rings. The maximum absolute atomic E-state index is 14.1. The minimum atomic E-state index is -4.76. The third kappa shape index (κ3) is 6.58. The van der Waals surface area contributed by atoms with Crippen molar-refractivity contribution in [1.82, 2.24) is 24.6 Å². The normalized spacial score (nSPS) is 18.5. The summed E-state index contributed by atoms with van der Waals surface area (Å²) in [4.78, 5) is 22.8. The minimum absolute atomic E-state index is 0.0853. The first-order chi connectivity index (χ1) is 21.6. The van der Waals surface area contributed by atoms with Crippen molar-refractivity contribution in [2.24, 2.45) is 0 Å². The van der Waals surface area contributed by atoms with E-state index in [-0.39, 0.29) is 48.4 Å². The summed E-state index contributed by atoms with van der Waals surface area (Å²) in [5.74, 6) is -0.919. The molecule has 1 aliphatic carbocycles. The van der Waals surface area contributed by atoms with E-state index in [2.05, 4.69) is 25.7 Å². The van der Waals surface area contributed by atoms with Crippen molar-refractivity contribution in [2.45, 2.75) is 57.2 Å². The maximum Gasteiger partial charge on any atom is 0.421 e. The van der Waals surface area contributed by atoms with Gasteiger partial charge < -0.3 is 25.2 Å². The summed E-state index contributed by atoms with van der Waals surface area (Å²) in [6.45, 7) is 0.453. The van der Waals surface area contributed by atoms with Gasteiger partial charge in [0.1, 0.15) is 11.4 Å². The number of rotatable bonds is 9. The molecule has 1 fully saturated rings. The number of nitrogens with one attached hydrogen (secondary N) is 2. The Morgan fingerprint density at radius 3 is 2.53 bits per heavy atom. The summed E-state index contributed by atoms with van der Waals surface area (Å²) in [6.07, 6.45) is 2.33. The Balaban J connectivity index is 1.31. The van der Waals surface area contributed by atoms with Crippen molar-refractivity contribution >= 4 is 37.7 Å². The molecule has 1 unspecified atom stereocenters. The van der Waals surface area contributed by atoms with Gasteiger partial charge in [0.25, 0.3) is 5.91 Å². The van der Waals surface area contributed by atoms with Gasteiger partial charge in [-0.3, -0.25) is 14.0 Å². The molecular weight excluding hydrogens is 610 g/mol. The number of alkyl halides is 3. The Morgan fingerprint density at radius 1 is 1.07 bits per heavy atom. The van der Waals surface area contributed by atoms with E-state index in [0.29, 0.717) is 30.3 Å². The topological polar surface area (TPSA) is 135 Å². The molecule has 1 aliphatic heterocycles. The van der Waals surface area contributed by atoms with E-state index in [9.17, 15) is 27.6 Å². The van der Waals surface area contributed by atoms with Crippen LogP contribution in [0.2, 0.25) is 0 Å². The van der Waals surface area contributed by atoms with Crippen LogP contribution in [0.5, 0.6) is 0 Å². The van der Waals surface area contributed by atoms with Gasteiger partial charge in [0, 0.05) is 37.2 Å². The lowest BCUT2D eigenvalue weighted by Gasteiger charge is -2.25. The molecule has 3 heterocycles. The van der Waals surface area contributed by atoms with Crippen molar-refractivity contribution in [3.8, 4) is 11.1 Å². The predicted molar refractivity (Wildman–Crippen MR) is 162 cm³/mol. The van der Waals surface area contributed by atoms with Gasteiger partial charge in [-0.05, 0) is 60.6 Å². The molecule has 4 aromatic rings. The van der Waals surface area contributed by atoms with Crippen LogP contribution in [0.1, 0.15) is 58.8 Å². The number of fused-ring (bicyclic) bond motifs is 1. The highest BCUT2D eigenvalue weighted by Crippen LogP contribution is 2.41. The summed E-state index contributed by atoms with van der Waals surface area (Å²) in [7, 11) is 0.303. The number of benzene rings is 2. The Bertz CT molecular complexity index is 1720. The van der Waals surface area contributed by atoms with Gasteiger partial charge in [-0.25, -0.2) is 4.98 Å². The number of carbonyl (C=O) groups is 1. The number of anilines is 4. The second-order valence-corrected chi connectivity index (χ2v) is 11.7. The molecule has 3 N–H and O–H groups in total. The third-order valence-corrected chi connectivity index (χ3v) is 8.40. The highest BCUT2D eigenvalue weighted by Gasteiger charge is 2.37. The van der Waals surface area contributed by atoms with E-state index < -0.39 is 26.2 Å². The van der Waals surface area contributed by atoms with Crippen LogP contribution < -0.4 is 10.6 Å². The number of carbonyl (C=O) groups excluding carboxylic acids is 1. The van der Waals surface area contributed by atoms with Gasteiger partial charge in [-0.2, -0.15) is 23.3 Å². The molecule has 0 spiro atoms. The zero-order chi connectivity index (χ0) is 31.7. The number of hydrogen-bond donors (Lipinski definition) is 3. The van der Waals surface area contributed by atoms with E-state index in [1.54, 1.807) is 49.6 Å².